The van der Waals surface area contributed by atoms with Gasteiger partial charge in [-0.2, -0.15) is 0 Å². The third kappa shape index (κ3) is 4.57. The van der Waals surface area contributed by atoms with Crippen LogP contribution in [0.5, 0.6) is 0 Å². The number of piperidine rings is 1. The average molecular weight is 329 g/mol. The van der Waals surface area contributed by atoms with Crippen LogP contribution < -0.4 is 10.6 Å². The molecule has 2 N–H and O–H groups in total. The molecule has 1 aromatic rings. The molecule has 0 atom stereocenters. The first-order chi connectivity index (χ1) is 11.6. The Kier molecular flexibility index (Phi) is 5.51. The van der Waals surface area contributed by atoms with Crippen LogP contribution in [0.15, 0.2) is 24.3 Å². The van der Waals surface area contributed by atoms with E-state index in [9.17, 15) is 9.59 Å². The lowest BCUT2D eigenvalue weighted by Crippen LogP contribution is -2.48. The van der Waals surface area contributed by atoms with Gasteiger partial charge in [0.15, 0.2) is 0 Å². The van der Waals surface area contributed by atoms with Gasteiger partial charge in [-0.15, -0.1) is 0 Å². The topological polar surface area (TPSA) is 61.4 Å². The van der Waals surface area contributed by atoms with Gasteiger partial charge < -0.3 is 10.6 Å². The Morgan fingerprint density at radius 2 is 1.92 bits per heavy atom. The number of anilines is 1. The van der Waals surface area contributed by atoms with Crippen molar-refractivity contribution in [3.63, 3.8) is 0 Å². The summed E-state index contributed by atoms with van der Waals surface area (Å²) in [7, 11) is 0. The molecule has 0 radical (unpaired) electrons. The molecular weight excluding hydrogens is 302 g/mol. The Bertz CT molecular complexity index is 590. The zero-order valence-electron chi connectivity index (χ0n) is 14.4. The van der Waals surface area contributed by atoms with Gasteiger partial charge in [0.1, 0.15) is 0 Å². The summed E-state index contributed by atoms with van der Waals surface area (Å²) >= 11 is 0. The molecule has 1 aliphatic carbocycles. The molecule has 1 heterocycles. The molecule has 130 valence electrons. The largest absolute Gasteiger partial charge is 0.353 e. The van der Waals surface area contributed by atoms with Gasteiger partial charge in [0.05, 0.1) is 6.54 Å². The maximum absolute atomic E-state index is 12.2. The first-order valence-electron chi connectivity index (χ1n) is 8.99. The second-order valence-electron chi connectivity index (χ2n) is 7.10. The Morgan fingerprint density at radius 1 is 1.17 bits per heavy atom. The highest BCUT2D eigenvalue weighted by atomic mass is 16.2. The zero-order chi connectivity index (χ0) is 16.9. The zero-order valence-corrected chi connectivity index (χ0v) is 14.4. The highest BCUT2D eigenvalue weighted by molar-refractivity contribution is 5.92. The van der Waals surface area contributed by atoms with Gasteiger partial charge in [-0.1, -0.05) is 18.6 Å². The van der Waals surface area contributed by atoms with Gasteiger partial charge in [-0.3, -0.25) is 14.5 Å². The number of rotatable bonds is 5. The number of carbonyl (C=O) groups is 2. The van der Waals surface area contributed by atoms with Crippen molar-refractivity contribution in [2.75, 3.05) is 25.0 Å². The van der Waals surface area contributed by atoms with Crippen molar-refractivity contribution in [3.8, 4) is 0 Å². The number of hydrogen-bond acceptors (Lipinski definition) is 3. The van der Waals surface area contributed by atoms with Gasteiger partial charge in [-0.05, 0) is 50.3 Å². The average Bonchev–Trinajstić information content (AvgIpc) is 2.47. The van der Waals surface area contributed by atoms with E-state index in [1.807, 2.05) is 31.2 Å². The first-order valence-corrected chi connectivity index (χ1v) is 8.99. The molecule has 0 bridgehead atoms. The summed E-state index contributed by atoms with van der Waals surface area (Å²) in [6.07, 6.45) is 5.13. The molecule has 2 aliphatic rings. The Labute approximate surface area is 143 Å². The van der Waals surface area contributed by atoms with E-state index < -0.39 is 0 Å². The Hall–Kier alpha value is -1.88. The SMILES string of the molecule is Cc1cccc(NC(=O)CN2CCC(NC(=O)C3CCC3)CC2)c1. The van der Waals surface area contributed by atoms with E-state index in [0.29, 0.717) is 6.54 Å². The standard InChI is InChI=1S/C19H27N3O2/c1-14-4-2-7-17(12-14)20-18(23)13-22-10-8-16(9-11-22)21-19(24)15-5-3-6-15/h2,4,7,12,15-16H,3,5-6,8-11,13H2,1H3,(H,20,23)(H,21,24). The number of benzene rings is 1. The van der Waals surface area contributed by atoms with Crippen LogP contribution >= 0.6 is 0 Å². The Morgan fingerprint density at radius 3 is 2.54 bits per heavy atom. The maximum atomic E-state index is 12.2. The molecule has 0 spiro atoms. The third-order valence-electron chi connectivity index (χ3n) is 5.08. The van der Waals surface area contributed by atoms with Gasteiger partial charge in [-0.25, -0.2) is 0 Å². The second-order valence-corrected chi connectivity index (χ2v) is 7.10. The van der Waals surface area contributed by atoms with Crippen molar-refractivity contribution in [3.05, 3.63) is 29.8 Å². The van der Waals surface area contributed by atoms with Gasteiger partial charge in [0.25, 0.3) is 0 Å². The molecule has 0 aromatic heterocycles. The molecule has 0 unspecified atom stereocenters. The van der Waals surface area contributed by atoms with Crippen LogP contribution in [0, 0.1) is 12.8 Å². The highest BCUT2D eigenvalue weighted by Crippen LogP contribution is 2.26. The lowest BCUT2D eigenvalue weighted by Gasteiger charge is -2.33. The fourth-order valence-electron chi connectivity index (χ4n) is 3.35. The number of nitrogens with zero attached hydrogens (tertiary/aromatic N) is 1. The van der Waals surface area contributed by atoms with E-state index in [0.717, 1.165) is 50.0 Å². The summed E-state index contributed by atoms with van der Waals surface area (Å²) < 4.78 is 0. The van der Waals surface area contributed by atoms with Crippen LogP contribution in [-0.2, 0) is 9.59 Å². The van der Waals surface area contributed by atoms with Crippen molar-refractivity contribution in [2.45, 2.75) is 45.1 Å². The maximum Gasteiger partial charge on any atom is 0.238 e. The van der Waals surface area contributed by atoms with Crippen molar-refractivity contribution in [1.29, 1.82) is 0 Å². The lowest BCUT2D eigenvalue weighted by molar-refractivity contribution is -0.128. The van der Waals surface area contributed by atoms with Crippen LogP contribution in [0.1, 0.15) is 37.7 Å². The predicted molar refractivity (Wildman–Crippen MR) is 94.8 cm³/mol. The van der Waals surface area contributed by atoms with Gasteiger partial charge in [0, 0.05) is 30.7 Å². The van der Waals surface area contributed by atoms with Crippen LogP contribution in [0.3, 0.4) is 0 Å². The minimum atomic E-state index is 0.0255. The molecule has 1 aromatic carbocycles. The fraction of sp³-hybridized carbons (Fsp3) is 0.579. The number of nitrogens with one attached hydrogen (secondary N) is 2. The van der Waals surface area contributed by atoms with Gasteiger partial charge in [0.2, 0.25) is 11.8 Å². The third-order valence-corrected chi connectivity index (χ3v) is 5.08. The number of aryl methyl sites for hydroxylation is 1. The van der Waals surface area contributed by atoms with E-state index in [1.54, 1.807) is 0 Å². The summed E-state index contributed by atoms with van der Waals surface area (Å²) in [5.74, 6) is 0.512. The Balaban J connectivity index is 1.38. The number of amides is 2. The molecule has 24 heavy (non-hydrogen) atoms. The molecule has 2 fully saturated rings. The van der Waals surface area contributed by atoms with E-state index >= 15 is 0 Å². The highest BCUT2D eigenvalue weighted by Gasteiger charge is 2.28. The summed E-state index contributed by atoms with van der Waals surface area (Å²) in [4.78, 5) is 26.3. The normalized spacial score (nSPS) is 19.5. The number of carbonyl (C=O) groups excluding carboxylic acids is 2. The second kappa shape index (κ2) is 7.79. The van der Waals surface area contributed by atoms with E-state index in [-0.39, 0.29) is 23.8 Å². The molecule has 1 aliphatic heterocycles. The van der Waals surface area contributed by atoms with Crippen molar-refractivity contribution < 1.29 is 9.59 Å². The molecule has 1 saturated heterocycles. The van der Waals surface area contributed by atoms with Crippen molar-refractivity contribution >= 4 is 17.5 Å². The van der Waals surface area contributed by atoms with Crippen molar-refractivity contribution in [2.24, 2.45) is 5.92 Å². The minimum Gasteiger partial charge on any atom is -0.353 e. The van der Waals surface area contributed by atoms with E-state index in [2.05, 4.69) is 15.5 Å². The lowest BCUT2D eigenvalue weighted by atomic mass is 9.84. The summed E-state index contributed by atoms with van der Waals surface area (Å²) in [6, 6.07) is 8.11. The van der Waals surface area contributed by atoms with E-state index in [1.165, 1.54) is 6.42 Å². The van der Waals surface area contributed by atoms with Crippen LogP contribution in [0.2, 0.25) is 0 Å². The van der Waals surface area contributed by atoms with Crippen LogP contribution in [0.4, 0.5) is 5.69 Å². The van der Waals surface area contributed by atoms with Crippen molar-refractivity contribution in [1.82, 2.24) is 10.2 Å². The molecule has 2 amide bonds. The number of likely N-dealkylation sites (tertiary alicyclic amines) is 1. The number of hydrogen-bond donors (Lipinski definition) is 2. The van der Waals surface area contributed by atoms with Crippen LogP contribution in [0.25, 0.3) is 0 Å². The summed E-state index contributed by atoms with van der Waals surface area (Å²) in [5, 5.41) is 6.13. The monoisotopic (exact) mass is 329 g/mol. The first kappa shape index (κ1) is 17.0. The quantitative estimate of drug-likeness (QED) is 0.871. The van der Waals surface area contributed by atoms with Gasteiger partial charge >= 0.3 is 0 Å². The fourth-order valence-corrected chi connectivity index (χ4v) is 3.35. The minimum absolute atomic E-state index is 0.0255. The smallest absolute Gasteiger partial charge is 0.238 e. The molecule has 3 rings (SSSR count). The molecule has 1 saturated carbocycles. The molecule has 5 nitrogen and oxygen atoms in total. The molecular formula is C19H27N3O2. The molecule has 5 heteroatoms. The van der Waals surface area contributed by atoms with E-state index in [4.69, 9.17) is 0 Å². The summed E-state index contributed by atoms with van der Waals surface area (Å²) in [5.41, 5.74) is 1.98. The van der Waals surface area contributed by atoms with Crippen LogP contribution in [-0.4, -0.2) is 42.4 Å². The summed E-state index contributed by atoms with van der Waals surface area (Å²) in [6.45, 7) is 4.14. The predicted octanol–water partition coefficient (Wildman–Crippen LogP) is 2.31.